The van der Waals surface area contributed by atoms with E-state index >= 15 is 0 Å². The number of fused-ring (bicyclic) bond motifs is 1. The lowest BCUT2D eigenvalue weighted by molar-refractivity contribution is 0.269. The Morgan fingerprint density at radius 2 is 1.86 bits per heavy atom. The summed E-state index contributed by atoms with van der Waals surface area (Å²) in [6.45, 7) is 6.41. The second kappa shape index (κ2) is 12.0. The van der Waals surface area contributed by atoms with E-state index < -0.39 is 0 Å². The molecule has 0 atom stereocenters. The van der Waals surface area contributed by atoms with Crippen molar-refractivity contribution in [1.82, 2.24) is 9.66 Å². The molecule has 3 aromatic carbocycles. The second-order valence-corrected chi connectivity index (χ2v) is 10.9. The Kier molecular flexibility index (Phi) is 8.95. The number of nitrogens with zero attached hydrogens (tertiary/aromatic N) is 3. The molecule has 0 unspecified atom stereocenters. The lowest BCUT2D eigenvalue weighted by Gasteiger charge is -2.17. The zero-order valence-electron chi connectivity index (χ0n) is 20.3. The van der Waals surface area contributed by atoms with Crippen LogP contribution in [0.3, 0.4) is 0 Å². The molecule has 0 saturated heterocycles. The number of halogens is 4. The Balaban J connectivity index is 1.76. The molecule has 0 N–H and O–H groups in total. The smallest absolute Gasteiger partial charge is 0.282 e. The molecule has 6 nitrogen and oxygen atoms in total. The van der Waals surface area contributed by atoms with Gasteiger partial charge in [-0.2, -0.15) is 9.78 Å². The maximum atomic E-state index is 13.3. The summed E-state index contributed by atoms with van der Waals surface area (Å²) in [6.07, 6.45) is 1.55. The predicted molar refractivity (Wildman–Crippen MR) is 157 cm³/mol. The summed E-state index contributed by atoms with van der Waals surface area (Å²) in [5, 5.41) is 5.89. The zero-order chi connectivity index (χ0) is 26.7. The number of aromatic nitrogens is 2. The second-order valence-electron chi connectivity index (χ2n) is 8.38. The Bertz CT molecular complexity index is 1550. The molecular formula is C27H23Br2Cl2N3O3. The van der Waals surface area contributed by atoms with Crippen LogP contribution in [0, 0.1) is 0 Å². The minimum absolute atomic E-state index is 0.0375. The molecule has 1 aromatic heterocycles. The molecule has 0 spiro atoms. The number of hydrogen-bond donors (Lipinski definition) is 0. The van der Waals surface area contributed by atoms with E-state index in [-0.39, 0.29) is 18.1 Å². The molecule has 4 aromatic rings. The van der Waals surface area contributed by atoms with E-state index in [9.17, 15) is 4.79 Å². The standard InChI is InChI=1S/C27H23Br2Cl2N3O3/c1-4-36-22-11-17(23(29)24(31)25(22)37-14-16-7-5-6-8-20(16)30)13-32-34-26(15(2)3)33-21-10-9-18(28)12-19(21)27(34)35/h5-13,15H,4,14H2,1-3H3. The van der Waals surface area contributed by atoms with E-state index in [0.29, 0.717) is 54.9 Å². The highest BCUT2D eigenvalue weighted by Crippen LogP contribution is 2.43. The normalized spacial score (nSPS) is 11.6. The van der Waals surface area contributed by atoms with Gasteiger partial charge in [0, 0.05) is 31.0 Å². The van der Waals surface area contributed by atoms with Crippen LogP contribution in [0.2, 0.25) is 10.0 Å². The zero-order valence-corrected chi connectivity index (χ0v) is 24.9. The van der Waals surface area contributed by atoms with Crippen LogP contribution in [-0.2, 0) is 6.61 Å². The number of benzene rings is 3. The van der Waals surface area contributed by atoms with E-state index in [1.807, 2.05) is 51.1 Å². The third-order valence-corrected chi connectivity index (χ3v) is 7.75. The largest absolute Gasteiger partial charge is 0.490 e. The van der Waals surface area contributed by atoms with Crippen molar-refractivity contribution in [2.24, 2.45) is 5.10 Å². The lowest BCUT2D eigenvalue weighted by atomic mass is 10.2. The number of hydrogen-bond acceptors (Lipinski definition) is 5. The van der Waals surface area contributed by atoms with Crippen LogP contribution in [-0.4, -0.2) is 22.5 Å². The highest BCUT2D eigenvalue weighted by Gasteiger charge is 2.19. The van der Waals surface area contributed by atoms with Gasteiger partial charge in [-0.15, -0.1) is 0 Å². The summed E-state index contributed by atoms with van der Waals surface area (Å²) in [4.78, 5) is 18.0. The highest BCUT2D eigenvalue weighted by molar-refractivity contribution is 9.10. The highest BCUT2D eigenvalue weighted by atomic mass is 79.9. The predicted octanol–water partition coefficient (Wildman–Crippen LogP) is 8.21. The first-order chi connectivity index (χ1) is 17.7. The van der Waals surface area contributed by atoms with Crippen LogP contribution in [0.5, 0.6) is 11.5 Å². The summed E-state index contributed by atoms with van der Waals surface area (Å²) >= 11 is 20.0. The summed E-state index contributed by atoms with van der Waals surface area (Å²) in [5.41, 5.74) is 1.78. The molecule has 0 saturated carbocycles. The van der Waals surface area contributed by atoms with Gasteiger partial charge in [0.05, 0.1) is 23.7 Å². The first kappa shape index (κ1) is 27.6. The van der Waals surface area contributed by atoms with E-state index in [2.05, 4.69) is 41.9 Å². The first-order valence-electron chi connectivity index (χ1n) is 11.5. The van der Waals surface area contributed by atoms with Gasteiger partial charge >= 0.3 is 0 Å². The van der Waals surface area contributed by atoms with Gasteiger partial charge in [0.15, 0.2) is 11.5 Å². The SMILES string of the molecule is CCOc1cc(C=Nn2c(C(C)C)nc3ccc(Br)cc3c2=O)c(Br)c(Cl)c1OCc1ccccc1Cl. The Hall–Kier alpha value is -2.39. The number of ether oxygens (including phenoxy) is 2. The fourth-order valence-electron chi connectivity index (χ4n) is 3.63. The molecule has 0 amide bonds. The van der Waals surface area contributed by atoms with Crippen LogP contribution in [0.25, 0.3) is 10.9 Å². The average Bonchev–Trinajstić information content (AvgIpc) is 2.87. The summed E-state index contributed by atoms with van der Waals surface area (Å²) < 4.78 is 14.5. The molecule has 1 heterocycles. The van der Waals surface area contributed by atoms with Crippen molar-refractivity contribution in [1.29, 1.82) is 0 Å². The maximum absolute atomic E-state index is 13.3. The van der Waals surface area contributed by atoms with Crippen molar-refractivity contribution in [3.8, 4) is 11.5 Å². The van der Waals surface area contributed by atoms with Crippen LogP contribution in [0.15, 0.2) is 67.4 Å². The topological polar surface area (TPSA) is 65.7 Å². The maximum Gasteiger partial charge on any atom is 0.282 e. The summed E-state index contributed by atoms with van der Waals surface area (Å²) in [6, 6.07) is 14.6. The number of rotatable bonds is 8. The van der Waals surface area contributed by atoms with Gasteiger partial charge in [0.2, 0.25) is 0 Å². The molecule has 0 fully saturated rings. The molecular weight excluding hydrogens is 645 g/mol. The van der Waals surface area contributed by atoms with Gasteiger partial charge in [-0.1, -0.05) is 71.2 Å². The molecule has 0 aliphatic carbocycles. The minimum Gasteiger partial charge on any atom is -0.490 e. The molecule has 0 bridgehead atoms. The van der Waals surface area contributed by atoms with Crippen molar-refractivity contribution in [2.45, 2.75) is 33.3 Å². The van der Waals surface area contributed by atoms with Crippen LogP contribution in [0.1, 0.15) is 43.6 Å². The quantitative estimate of drug-likeness (QED) is 0.178. The van der Waals surface area contributed by atoms with Gasteiger partial charge in [-0.25, -0.2) is 4.98 Å². The van der Waals surface area contributed by atoms with Crippen LogP contribution >= 0.6 is 55.1 Å². The van der Waals surface area contributed by atoms with Crippen LogP contribution < -0.4 is 15.0 Å². The van der Waals surface area contributed by atoms with Gasteiger partial charge < -0.3 is 9.47 Å². The van der Waals surface area contributed by atoms with Gasteiger partial charge in [0.25, 0.3) is 5.56 Å². The van der Waals surface area contributed by atoms with Crippen molar-refractivity contribution >= 4 is 72.2 Å². The van der Waals surface area contributed by atoms with Crippen molar-refractivity contribution < 1.29 is 9.47 Å². The Morgan fingerprint density at radius 3 is 2.57 bits per heavy atom. The Morgan fingerprint density at radius 1 is 1.11 bits per heavy atom. The van der Waals surface area contributed by atoms with E-state index in [1.54, 1.807) is 24.4 Å². The van der Waals surface area contributed by atoms with Gasteiger partial charge in [-0.3, -0.25) is 4.79 Å². The Labute approximate surface area is 241 Å². The third kappa shape index (κ3) is 6.03. The van der Waals surface area contributed by atoms with Crippen molar-refractivity contribution in [2.75, 3.05) is 6.61 Å². The van der Waals surface area contributed by atoms with Crippen LogP contribution in [0.4, 0.5) is 0 Å². The summed E-state index contributed by atoms with van der Waals surface area (Å²) in [7, 11) is 0. The molecule has 10 heteroatoms. The van der Waals surface area contributed by atoms with E-state index in [4.69, 9.17) is 32.7 Å². The molecule has 0 aliphatic heterocycles. The monoisotopic (exact) mass is 665 g/mol. The molecule has 37 heavy (non-hydrogen) atoms. The average molecular weight is 668 g/mol. The lowest BCUT2D eigenvalue weighted by Crippen LogP contribution is -2.23. The fraction of sp³-hybridized carbons (Fsp3) is 0.222. The summed E-state index contributed by atoms with van der Waals surface area (Å²) in [5.74, 6) is 1.33. The fourth-order valence-corrected chi connectivity index (χ4v) is 4.84. The molecule has 4 rings (SSSR count). The van der Waals surface area contributed by atoms with Gasteiger partial charge in [0.1, 0.15) is 17.5 Å². The molecule has 0 radical (unpaired) electrons. The van der Waals surface area contributed by atoms with E-state index in [1.165, 1.54) is 4.68 Å². The van der Waals surface area contributed by atoms with Crippen molar-refractivity contribution in [3.05, 3.63) is 94.8 Å². The molecule has 0 aliphatic rings. The first-order valence-corrected chi connectivity index (χ1v) is 13.8. The van der Waals surface area contributed by atoms with E-state index in [0.717, 1.165) is 10.0 Å². The van der Waals surface area contributed by atoms with Gasteiger partial charge in [-0.05, 0) is 53.2 Å². The minimum atomic E-state index is -0.266. The third-order valence-electron chi connectivity index (χ3n) is 5.45. The molecule has 192 valence electrons. The van der Waals surface area contributed by atoms with Crippen molar-refractivity contribution in [3.63, 3.8) is 0 Å².